The Morgan fingerprint density at radius 2 is 1.75 bits per heavy atom. The third-order valence-electron chi connectivity index (χ3n) is 2.51. The van der Waals surface area contributed by atoms with E-state index >= 15 is 0 Å². The van der Waals surface area contributed by atoms with E-state index in [1.54, 1.807) is 21.1 Å². The van der Waals surface area contributed by atoms with E-state index in [1.807, 2.05) is 29.6 Å². The van der Waals surface area contributed by atoms with Crippen LogP contribution in [-0.2, 0) is 14.3 Å². The molecule has 0 aromatic heterocycles. The number of imide groups is 1. The fraction of sp³-hybridized carbons (Fsp3) is 0.385. The van der Waals surface area contributed by atoms with Gasteiger partial charge in [0.1, 0.15) is 0 Å². The number of methoxy groups -OCH3 is 2. The van der Waals surface area contributed by atoms with Crippen molar-refractivity contribution >= 4 is 23.7 Å². The van der Waals surface area contributed by atoms with Crippen LogP contribution in [0.2, 0.25) is 0 Å². The average molecular weight is 298 g/mol. The van der Waals surface area contributed by atoms with Crippen molar-refractivity contribution < 1.29 is 19.1 Å². The summed E-state index contributed by atoms with van der Waals surface area (Å²) < 4.78 is 10.3. The van der Waals surface area contributed by atoms with Crippen LogP contribution in [0.3, 0.4) is 0 Å². The molecule has 1 rings (SSSR count). The Bertz CT molecular complexity index is 460. The third kappa shape index (κ3) is 4.84. The Hall–Kier alpha value is -1.57. The Morgan fingerprint density at radius 3 is 2.20 bits per heavy atom. The molecule has 0 fully saturated rings. The van der Waals surface area contributed by atoms with Crippen LogP contribution < -0.4 is 11.1 Å². The van der Waals surface area contributed by atoms with Gasteiger partial charge in [0, 0.05) is 24.7 Å². The monoisotopic (exact) mass is 298 g/mol. The molecule has 1 atom stereocenters. The van der Waals surface area contributed by atoms with Crippen LogP contribution in [-0.4, -0.2) is 31.4 Å². The molecular formula is C13H18N2O4S. The van der Waals surface area contributed by atoms with Crippen molar-refractivity contribution in [2.75, 3.05) is 14.2 Å². The molecular weight excluding hydrogens is 280 g/mol. The largest absolute Gasteiger partial charge is 0.352 e. The van der Waals surface area contributed by atoms with Crippen molar-refractivity contribution in [2.24, 2.45) is 5.73 Å². The molecule has 20 heavy (non-hydrogen) atoms. The number of ether oxygens (including phenoxy) is 2. The standard InChI is InChI=1S/C13H18N2O4S/c1-8(11(16)15-13(14)17)20-10-6-4-9(5-7-10)12(18-2)19-3/h4-8,12H,1-3H3,(H3,14,15,16,17). The minimum absolute atomic E-state index is 0.412. The van der Waals surface area contributed by atoms with Crippen LogP contribution in [0.4, 0.5) is 4.79 Å². The Morgan fingerprint density at radius 1 is 1.20 bits per heavy atom. The lowest BCUT2D eigenvalue weighted by Gasteiger charge is -2.14. The Labute approximate surface area is 122 Å². The van der Waals surface area contributed by atoms with Crippen LogP contribution in [0.5, 0.6) is 0 Å². The first-order valence-corrected chi connectivity index (χ1v) is 6.78. The predicted molar refractivity (Wildman–Crippen MR) is 76.2 cm³/mol. The maximum absolute atomic E-state index is 11.6. The number of carbonyl (C=O) groups is 2. The zero-order valence-corrected chi connectivity index (χ0v) is 12.4. The Balaban J connectivity index is 2.65. The van der Waals surface area contributed by atoms with Crippen LogP contribution in [0.1, 0.15) is 18.8 Å². The number of benzene rings is 1. The summed E-state index contributed by atoms with van der Waals surface area (Å²) in [7, 11) is 3.13. The smallest absolute Gasteiger partial charge is 0.318 e. The molecule has 0 heterocycles. The number of primary amides is 1. The van der Waals surface area contributed by atoms with Crippen molar-refractivity contribution in [3.63, 3.8) is 0 Å². The van der Waals surface area contributed by atoms with Gasteiger partial charge < -0.3 is 15.2 Å². The second-order valence-electron chi connectivity index (χ2n) is 3.99. The van der Waals surface area contributed by atoms with E-state index in [-0.39, 0.29) is 0 Å². The number of carbonyl (C=O) groups excluding carboxylic acids is 2. The highest BCUT2D eigenvalue weighted by atomic mass is 32.2. The van der Waals surface area contributed by atoms with Crippen molar-refractivity contribution in [3.05, 3.63) is 29.8 Å². The third-order valence-corrected chi connectivity index (χ3v) is 3.62. The predicted octanol–water partition coefficient (Wildman–Crippen LogP) is 1.65. The molecule has 0 aliphatic rings. The molecule has 0 aliphatic carbocycles. The lowest BCUT2D eigenvalue weighted by molar-refractivity contribution is -0.119. The van der Waals surface area contributed by atoms with Gasteiger partial charge >= 0.3 is 6.03 Å². The number of nitrogens with one attached hydrogen (secondary N) is 1. The van der Waals surface area contributed by atoms with Gasteiger partial charge in [-0.15, -0.1) is 11.8 Å². The summed E-state index contributed by atoms with van der Waals surface area (Å²) in [6, 6.07) is 6.59. The van der Waals surface area contributed by atoms with Crippen LogP contribution in [0.25, 0.3) is 0 Å². The summed E-state index contributed by atoms with van der Waals surface area (Å²) in [6.07, 6.45) is -0.412. The number of rotatable bonds is 6. The molecule has 0 aliphatic heterocycles. The summed E-state index contributed by atoms with van der Waals surface area (Å²) in [5.41, 5.74) is 5.78. The topological polar surface area (TPSA) is 90.7 Å². The molecule has 1 unspecified atom stereocenters. The molecule has 110 valence electrons. The van der Waals surface area contributed by atoms with Crippen LogP contribution in [0, 0.1) is 0 Å². The number of hydrogen-bond acceptors (Lipinski definition) is 5. The highest BCUT2D eigenvalue weighted by Gasteiger charge is 2.16. The number of thioether (sulfide) groups is 1. The molecule has 1 aromatic carbocycles. The maximum atomic E-state index is 11.6. The van der Waals surface area contributed by atoms with E-state index < -0.39 is 23.5 Å². The summed E-state index contributed by atoms with van der Waals surface area (Å²) >= 11 is 1.33. The van der Waals surface area contributed by atoms with Gasteiger partial charge in [-0.25, -0.2) is 4.79 Å². The lowest BCUT2D eigenvalue weighted by atomic mass is 10.2. The van der Waals surface area contributed by atoms with Crippen molar-refractivity contribution in [1.82, 2.24) is 5.32 Å². The molecule has 0 radical (unpaired) electrons. The first-order chi connectivity index (χ1) is 9.47. The molecule has 0 saturated carbocycles. The molecule has 1 aromatic rings. The highest BCUT2D eigenvalue weighted by Crippen LogP contribution is 2.26. The molecule has 0 bridgehead atoms. The number of hydrogen-bond donors (Lipinski definition) is 2. The van der Waals surface area contributed by atoms with E-state index in [9.17, 15) is 9.59 Å². The Kier molecular flexibility index (Phi) is 6.50. The van der Waals surface area contributed by atoms with Crippen LogP contribution >= 0.6 is 11.8 Å². The van der Waals surface area contributed by atoms with Gasteiger partial charge in [-0.3, -0.25) is 10.1 Å². The molecule has 3 N–H and O–H groups in total. The quantitative estimate of drug-likeness (QED) is 0.615. The first kappa shape index (κ1) is 16.5. The maximum Gasteiger partial charge on any atom is 0.318 e. The van der Waals surface area contributed by atoms with E-state index in [0.717, 1.165) is 10.5 Å². The zero-order chi connectivity index (χ0) is 15.1. The fourth-order valence-electron chi connectivity index (χ4n) is 1.55. The highest BCUT2D eigenvalue weighted by molar-refractivity contribution is 8.00. The molecule has 0 spiro atoms. The molecule has 3 amide bonds. The summed E-state index contributed by atoms with van der Waals surface area (Å²) in [6.45, 7) is 1.70. The van der Waals surface area contributed by atoms with E-state index in [2.05, 4.69) is 0 Å². The van der Waals surface area contributed by atoms with E-state index in [0.29, 0.717) is 0 Å². The van der Waals surface area contributed by atoms with Gasteiger partial charge in [-0.2, -0.15) is 0 Å². The number of urea groups is 1. The average Bonchev–Trinajstić information content (AvgIpc) is 2.41. The van der Waals surface area contributed by atoms with Crippen molar-refractivity contribution in [3.8, 4) is 0 Å². The molecule has 0 saturated heterocycles. The van der Waals surface area contributed by atoms with Gasteiger partial charge in [0.15, 0.2) is 6.29 Å². The van der Waals surface area contributed by atoms with E-state index in [1.165, 1.54) is 11.8 Å². The van der Waals surface area contributed by atoms with Gasteiger partial charge in [0.2, 0.25) is 5.91 Å². The van der Waals surface area contributed by atoms with Crippen LogP contribution in [0.15, 0.2) is 29.2 Å². The van der Waals surface area contributed by atoms with Crippen molar-refractivity contribution in [1.29, 1.82) is 0 Å². The fourth-order valence-corrected chi connectivity index (χ4v) is 2.42. The zero-order valence-electron chi connectivity index (χ0n) is 11.6. The molecule has 6 nitrogen and oxygen atoms in total. The SMILES string of the molecule is COC(OC)c1ccc(SC(C)C(=O)NC(N)=O)cc1. The van der Waals surface area contributed by atoms with Gasteiger partial charge in [-0.1, -0.05) is 12.1 Å². The first-order valence-electron chi connectivity index (χ1n) is 5.90. The summed E-state index contributed by atoms with van der Waals surface area (Å²) in [4.78, 5) is 23.1. The van der Waals surface area contributed by atoms with Crippen molar-refractivity contribution in [2.45, 2.75) is 23.4 Å². The van der Waals surface area contributed by atoms with Gasteiger partial charge in [-0.05, 0) is 19.1 Å². The van der Waals surface area contributed by atoms with E-state index in [4.69, 9.17) is 15.2 Å². The minimum atomic E-state index is -0.846. The summed E-state index contributed by atoms with van der Waals surface area (Å²) in [5.74, 6) is -0.418. The second-order valence-corrected chi connectivity index (χ2v) is 5.40. The number of nitrogens with two attached hydrogens (primary N) is 1. The lowest BCUT2D eigenvalue weighted by Crippen LogP contribution is -2.39. The van der Waals surface area contributed by atoms with Gasteiger partial charge in [0.05, 0.1) is 5.25 Å². The molecule has 7 heteroatoms. The number of amides is 3. The minimum Gasteiger partial charge on any atom is -0.352 e. The normalized spacial score (nSPS) is 12.2. The second kappa shape index (κ2) is 7.88. The van der Waals surface area contributed by atoms with Gasteiger partial charge in [0.25, 0.3) is 0 Å². The summed E-state index contributed by atoms with van der Waals surface area (Å²) in [5, 5.41) is 1.63.